The lowest BCUT2D eigenvalue weighted by atomic mass is 10.00. The molecule has 2 heterocycles. The van der Waals surface area contributed by atoms with E-state index < -0.39 is 0 Å². The monoisotopic (exact) mass is 284 g/mol. The Bertz CT molecular complexity index is 576. The molecule has 0 aliphatic carbocycles. The van der Waals surface area contributed by atoms with Crippen molar-refractivity contribution in [3.63, 3.8) is 0 Å². The van der Waals surface area contributed by atoms with Crippen molar-refractivity contribution < 1.29 is 0 Å². The molecule has 0 radical (unpaired) electrons. The number of aryl methyl sites for hydroxylation is 1. The molecule has 1 fully saturated rings. The van der Waals surface area contributed by atoms with Crippen molar-refractivity contribution >= 4 is 0 Å². The molecule has 1 atom stereocenters. The van der Waals surface area contributed by atoms with Crippen LogP contribution in [0.3, 0.4) is 0 Å². The molecule has 0 bridgehead atoms. The number of hydrogen-bond acceptors (Lipinski definition) is 3. The Morgan fingerprint density at radius 2 is 2.00 bits per heavy atom. The van der Waals surface area contributed by atoms with E-state index in [4.69, 9.17) is 0 Å². The van der Waals surface area contributed by atoms with Crippen LogP contribution in [-0.2, 0) is 13.0 Å². The van der Waals surface area contributed by atoms with Gasteiger partial charge in [0.25, 0.3) is 0 Å². The minimum absolute atomic E-state index is 0.608. The molecular weight excluding hydrogens is 260 g/mol. The van der Waals surface area contributed by atoms with Gasteiger partial charge >= 0.3 is 0 Å². The van der Waals surface area contributed by atoms with E-state index in [0.717, 1.165) is 24.6 Å². The van der Waals surface area contributed by atoms with Crippen molar-refractivity contribution in [3.05, 3.63) is 47.5 Å². The lowest BCUT2D eigenvalue weighted by Gasteiger charge is -2.32. The minimum atomic E-state index is 0.608. The highest BCUT2D eigenvalue weighted by Crippen LogP contribution is 2.19. The van der Waals surface area contributed by atoms with E-state index in [1.54, 1.807) is 0 Å². The summed E-state index contributed by atoms with van der Waals surface area (Å²) in [6, 6.07) is 11.1. The van der Waals surface area contributed by atoms with Crippen molar-refractivity contribution in [2.45, 2.75) is 45.2 Å². The molecule has 0 N–H and O–H groups in total. The summed E-state index contributed by atoms with van der Waals surface area (Å²) < 4.78 is 2.08. The first-order valence-corrected chi connectivity index (χ1v) is 7.87. The third kappa shape index (κ3) is 3.50. The Morgan fingerprint density at radius 1 is 1.19 bits per heavy atom. The van der Waals surface area contributed by atoms with Gasteiger partial charge in [0, 0.05) is 12.5 Å². The first kappa shape index (κ1) is 14.3. The second-order valence-corrected chi connectivity index (χ2v) is 6.05. The van der Waals surface area contributed by atoms with Gasteiger partial charge in [0.1, 0.15) is 11.6 Å². The summed E-state index contributed by atoms with van der Waals surface area (Å²) in [4.78, 5) is 7.13. The Kier molecular flexibility index (Phi) is 4.34. The second-order valence-electron chi connectivity index (χ2n) is 6.05. The Morgan fingerprint density at radius 3 is 2.76 bits per heavy atom. The van der Waals surface area contributed by atoms with Crippen LogP contribution < -0.4 is 0 Å². The summed E-state index contributed by atoms with van der Waals surface area (Å²) in [5.74, 6) is 1.99. The first-order chi connectivity index (χ1) is 10.2. The topological polar surface area (TPSA) is 34.0 Å². The molecule has 0 saturated carbocycles. The molecule has 1 aliphatic rings. The molecule has 21 heavy (non-hydrogen) atoms. The fourth-order valence-electron chi connectivity index (χ4n) is 3.15. The third-order valence-electron chi connectivity index (χ3n) is 4.37. The zero-order valence-electron chi connectivity index (χ0n) is 13.0. The summed E-state index contributed by atoms with van der Waals surface area (Å²) >= 11 is 0. The van der Waals surface area contributed by atoms with Gasteiger partial charge in [-0.15, -0.1) is 0 Å². The van der Waals surface area contributed by atoms with Crippen LogP contribution in [0.1, 0.15) is 36.5 Å². The summed E-state index contributed by atoms with van der Waals surface area (Å²) in [7, 11) is 2.23. The molecule has 3 rings (SSSR count). The Balaban J connectivity index is 1.76. The van der Waals surface area contributed by atoms with E-state index in [1.165, 1.54) is 31.4 Å². The Labute approximate surface area is 126 Å². The molecule has 4 nitrogen and oxygen atoms in total. The van der Waals surface area contributed by atoms with E-state index >= 15 is 0 Å². The maximum atomic E-state index is 4.66. The van der Waals surface area contributed by atoms with Crippen molar-refractivity contribution in [1.29, 1.82) is 0 Å². The van der Waals surface area contributed by atoms with Gasteiger partial charge in [0.15, 0.2) is 0 Å². The van der Waals surface area contributed by atoms with Gasteiger partial charge in [0.2, 0.25) is 0 Å². The van der Waals surface area contributed by atoms with Gasteiger partial charge in [-0.05, 0) is 38.9 Å². The average Bonchev–Trinajstić information content (AvgIpc) is 2.82. The predicted molar refractivity (Wildman–Crippen MR) is 84.3 cm³/mol. The van der Waals surface area contributed by atoms with E-state index in [2.05, 4.69) is 51.0 Å². The number of piperidine rings is 1. The van der Waals surface area contributed by atoms with Gasteiger partial charge in [-0.3, -0.25) is 0 Å². The van der Waals surface area contributed by atoms with Gasteiger partial charge in [0.05, 0.1) is 6.54 Å². The highest BCUT2D eigenvalue weighted by atomic mass is 15.3. The van der Waals surface area contributed by atoms with Crippen molar-refractivity contribution in [2.24, 2.45) is 0 Å². The van der Waals surface area contributed by atoms with Crippen LogP contribution in [0.2, 0.25) is 0 Å². The van der Waals surface area contributed by atoms with Crippen LogP contribution >= 0.6 is 0 Å². The van der Waals surface area contributed by atoms with Gasteiger partial charge < -0.3 is 4.90 Å². The number of aromatic nitrogens is 3. The maximum Gasteiger partial charge on any atom is 0.147 e. The highest BCUT2D eigenvalue weighted by molar-refractivity contribution is 5.15. The maximum absolute atomic E-state index is 4.66. The largest absolute Gasteiger partial charge is 0.303 e. The Hall–Kier alpha value is -1.68. The third-order valence-corrected chi connectivity index (χ3v) is 4.37. The van der Waals surface area contributed by atoms with Crippen LogP contribution in [-0.4, -0.2) is 39.3 Å². The molecule has 1 aliphatic heterocycles. The fourth-order valence-corrected chi connectivity index (χ4v) is 3.15. The highest BCUT2D eigenvalue weighted by Gasteiger charge is 2.21. The number of likely N-dealkylation sites (tertiary alicyclic amines) is 1. The molecule has 4 heteroatoms. The first-order valence-electron chi connectivity index (χ1n) is 7.87. The van der Waals surface area contributed by atoms with Crippen LogP contribution in [0, 0.1) is 6.92 Å². The lowest BCUT2D eigenvalue weighted by molar-refractivity contribution is 0.181. The van der Waals surface area contributed by atoms with Crippen molar-refractivity contribution in [1.82, 2.24) is 19.7 Å². The van der Waals surface area contributed by atoms with Crippen molar-refractivity contribution in [3.8, 4) is 0 Å². The lowest BCUT2D eigenvalue weighted by Crippen LogP contribution is -2.38. The van der Waals surface area contributed by atoms with E-state index in [9.17, 15) is 0 Å². The summed E-state index contributed by atoms with van der Waals surface area (Å²) in [6.07, 6.45) is 4.93. The van der Waals surface area contributed by atoms with Gasteiger partial charge in [-0.1, -0.05) is 36.8 Å². The normalized spacial score (nSPS) is 19.8. The molecule has 1 aromatic carbocycles. The molecule has 1 aromatic heterocycles. The van der Waals surface area contributed by atoms with Crippen LogP contribution in [0.15, 0.2) is 30.3 Å². The molecule has 0 spiro atoms. The average molecular weight is 284 g/mol. The van der Waals surface area contributed by atoms with E-state index in [0.29, 0.717) is 6.04 Å². The summed E-state index contributed by atoms with van der Waals surface area (Å²) in [6.45, 7) is 4.00. The second kappa shape index (κ2) is 6.39. The number of rotatable bonds is 4. The molecule has 2 aromatic rings. The molecule has 0 amide bonds. The number of hydrogen-bond donors (Lipinski definition) is 0. The molecule has 112 valence electrons. The molecule has 1 saturated heterocycles. The minimum Gasteiger partial charge on any atom is -0.303 e. The van der Waals surface area contributed by atoms with Gasteiger partial charge in [-0.2, -0.15) is 5.10 Å². The fraction of sp³-hybridized carbons (Fsp3) is 0.529. The standard InChI is InChI=1S/C17H24N4/c1-14-18-17(12-16-10-6-7-11-20(16)2)21(19-14)13-15-8-4-3-5-9-15/h3-5,8-9,16H,6-7,10-13H2,1-2H3. The van der Waals surface area contributed by atoms with Crippen molar-refractivity contribution in [2.75, 3.05) is 13.6 Å². The molecule has 1 unspecified atom stereocenters. The molecular formula is C17H24N4. The number of likely N-dealkylation sites (N-methyl/N-ethyl adjacent to an activating group) is 1. The van der Waals surface area contributed by atoms with Crippen LogP contribution in [0.5, 0.6) is 0 Å². The number of benzene rings is 1. The van der Waals surface area contributed by atoms with Crippen LogP contribution in [0.4, 0.5) is 0 Å². The summed E-state index contributed by atoms with van der Waals surface area (Å²) in [5.41, 5.74) is 1.28. The van der Waals surface area contributed by atoms with E-state index in [1.807, 2.05) is 13.0 Å². The zero-order valence-corrected chi connectivity index (χ0v) is 13.0. The van der Waals surface area contributed by atoms with E-state index in [-0.39, 0.29) is 0 Å². The zero-order chi connectivity index (χ0) is 14.7. The predicted octanol–water partition coefficient (Wildman–Crippen LogP) is 2.66. The number of nitrogens with zero attached hydrogens (tertiary/aromatic N) is 4. The smallest absolute Gasteiger partial charge is 0.147 e. The summed E-state index contributed by atoms with van der Waals surface area (Å²) in [5, 5.41) is 4.58. The van der Waals surface area contributed by atoms with Crippen LogP contribution in [0.25, 0.3) is 0 Å². The quantitative estimate of drug-likeness (QED) is 0.865. The van der Waals surface area contributed by atoms with Gasteiger partial charge in [-0.25, -0.2) is 9.67 Å². The SMILES string of the molecule is Cc1nc(CC2CCCCN2C)n(Cc2ccccc2)n1.